The van der Waals surface area contributed by atoms with E-state index in [-0.39, 0.29) is 29.6 Å². The van der Waals surface area contributed by atoms with Crippen molar-refractivity contribution in [2.24, 2.45) is 4.99 Å². The Morgan fingerprint density at radius 3 is 2.53 bits per heavy atom. The third-order valence-electron chi connectivity index (χ3n) is 5.04. The predicted molar refractivity (Wildman–Crippen MR) is 122 cm³/mol. The van der Waals surface area contributed by atoms with Crippen LogP contribution in [0.4, 0.5) is 11.4 Å². The highest BCUT2D eigenvalue weighted by Crippen LogP contribution is 2.27. The fourth-order valence-corrected chi connectivity index (χ4v) is 3.36. The first-order valence-electron chi connectivity index (χ1n) is 10.0. The van der Waals surface area contributed by atoms with Gasteiger partial charge in [-0.15, -0.1) is 0 Å². The smallest absolute Gasteiger partial charge is 0.363 e. The van der Waals surface area contributed by atoms with Crippen LogP contribution in [0.25, 0.3) is 6.08 Å². The zero-order valence-electron chi connectivity index (χ0n) is 17.8. The first-order chi connectivity index (χ1) is 16.3. The highest BCUT2D eigenvalue weighted by Gasteiger charge is 2.27. The van der Waals surface area contributed by atoms with Crippen molar-refractivity contribution >= 4 is 29.3 Å². The Balaban J connectivity index is 1.54. The molecule has 0 saturated carbocycles. The SMILES string of the molecule is Cc1c(C2=N/C(=C\c3cccc(OCc4cccc([N+](=O)[O-])c4)c3)C(=O)O2)cccc1[N+](=O)[O-]. The topological polar surface area (TPSA) is 134 Å². The van der Waals surface area contributed by atoms with Gasteiger partial charge in [-0.2, -0.15) is 0 Å². The molecule has 0 unspecified atom stereocenters. The van der Waals surface area contributed by atoms with Crippen LogP contribution in [0.1, 0.15) is 22.3 Å². The first-order valence-corrected chi connectivity index (χ1v) is 10.0. The molecule has 3 aromatic rings. The number of cyclic esters (lactones) is 1. The minimum atomic E-state index is -0.677. The molecule has 0 fully saturated rings. The molecule has 0 aromatic heterocycles. The number of rotatable bonds is 7. The monoisotopic (exact) mass is 459 g/mol. The number of nitro groups is 2. The maximum Gasteiger partial charge on any atom is 0.363 e. The Kier molecular flexibility index (Phi) is 6.13. The Hall–Kier alpha value is -4.86. The maximum atomic E-state index is 12.3. The van der Waals surface area contributed by atoms with Crippen molar-refractivity contribution in [1.29, 1.82) is 0 Å². The Morgan fingerprint density at radius 1 is 1.00 bits per heavy atom. The minimum Gasteiger partial charge on any atom is -0.489 e. The van der Waals surface area contributed by atoms with Crippen LogP contribution in [0.3, 0.4) is 0 Å². The fraction of sp³-hybridized carbons (Fsp3) is 0.0833. The van der Waals surface area contributed by atoms with E-state index < -0.39 is 15.8 Å². The molecule has 0 spiro atoms. The van der Waals surface area contributed by atoms with Gasteiger partial charge in [0.15, 0.2) is 5.70 Å². The van der Waals surface area contributed by atoms with Crippen LogP contribution in [0.5, 0.6) is 5.75 Å². The number of ether oxygens (including phenoxy) is 2. The van der Waals surface area contributed by atoms with Crippen LogP contribution >= 0.6 is 0 Å². The van der Waals surface area contributed by atoms with Crippen molar-refractivity contribution in [2.45, 2.75) is 13.5 Å². The summed E-state index contributed by atoms with van der Waals surface area (Å²) in [5, 5.41) is 22.1. The summed E-state index contributed by atoms with van der Waals surface area (Å²) in [4.78, 5) is 37.7. The third kappa shape index (κ3) is 4.80. The van der Waals surface area contributed by atoms with E-state index in [4.69, 9.17) is 9.47 Å². The van der Waals surface area contributed by atoms with Crippen molar-refractivity contribution in [1.82, 2.24) is 0 Å². The lowest BCUT2D eigenvalue weighted by Gasteiger charge is -2.07. The molecule has 0 aliphatic carbocycles. The van der Waals surface area contributed by atoms with E-state index in [2.05, 4.69) is 4.99 Å². The quantitative estimate of drug-likeness (QED) is 0.216. The number of hydrogen-bond acceptors (Lipinski definition) is 8. The number of esters is 1. The fourth-order valence-electron chi connectivity index (χ4n) is 3.36. The predicted octanol–water partition coefficient (Wildman–Crippen LogP) is 4.73. The molecule has 1 aliphatic heterocycles. The molecule has 1 aliphatic rings. The lowest BCUT2D eigenvalue weighted by molar-refractivity contribution is -0.385. The summed E-state index contributed by atoms with van der Waals surface area (Å²) in [5.41, 5.74) is 1.88. The van der Waals surface area contributed by atoms with Crippen molar-refractivity contribution in [3.8, 4) is 5.75 Å². The molecule has 0 saturated heterocycles. The maximum absolute atomic E-state index is 12.3. The van der Waals surface area contributed by atoms with Crippen molar-refractivity contribution < 1.29 is 24.1 Å². The Labute approximate surface area is 193 Å². The minimum absolute atomic E-state index is 0.00414. The molecule has 34 heavy (non-hydrogen) atoms. The summed E-state index contributed by atoms with van der Waals surface area (Å²) in [6, 6.07) is 17.5. The number of carbonyl (C=O) groups is 1. The molecule has 4 rings (SSSR count). The van der Waals surface area contributed by atoms with E-state index in [0.29, 0.717) is 28.0 Å². The van der Waals surface area contributed by atoms with Crippen molar-refractivity contribution in [3.63, 3.8) is 0 Å². The second-order valence-corrected chi connectivity index (χ2v) is 7.33. The molecule has 10 heteroatoms. The standard InChI is InChI=1S/C24H17N3O7/c1-15-20(9-4-10-22(15)27(31)32)23-25-21(24(28)34-23)13-16-5-3-8-19(12-16)33-14-17-6-2-7-18(11-17)26(29)30/h2-13H,14H2,1H3/b21-13-. The third-order valence-corrected chi connectivity index (χ3v) is 5.04. The van der Waals surface area contributed by atoms with Gasteiger partial charge >= 0.3 is 5.97 Å². The van der Waals surface area contributed by atoms with E-state index in [1.54, 1.807) is 49.4 Å². The molecule has 0 bridgehead atoms. The number of hydrogen-bond donors (Lipinski definition) is 0. The molecule has 0 atom stereocenters. The van der Waals surface area contributed by atoms with Gasteiger partial charge in [-0.3, -0.25) is 20.2 Å². The molecule has 1 heterocycles. The number of nitro benzene ring substituents is 2. The molecule has 0 N–H and O–H groups in total. The van der Waals surface area contributed by atoms with Crippen LogP contribution in [-0.4, -0.2) is 21.7 Å². The largest absolute Gasteiger partial charge is 0.489 e. The van der Waals surface area contributed by atoms with Crippen LogP contribution in [-0.2, 0) is 16.1 Å². The number of benzene rings is 3. The van der Waals surface area contributed by atoms with Crippen molar-refractivity contribution in [2.75, 3.05) is 0 Å². The molecule has 170 valence electrons. The van der Waals surface area contributed by atoms with Gasteiger partial charge in [0.05, 0.1) is 9.85 Å². The van der Waals surface area contributed by atoms with Gasteiger partial charge in [-0.25, -0.2) is 9.79 Å². The zero-order chi connectivity index (χ0) is 24.2. The molecule has 0 amide bonds. The summed E-state index contributed by atoms with van der Waals surface area (Å²) < 4.78 is 11.0. The number of nitrogens with zero attached hydrogens (tertiary/aromatic N) is 3. The first kappa shape index (κ1) is 22.3. The number of carbonyl (C=O) groups excluding carboxylic acids is 1. The van der Waals surface area contributed by atoms with E-state index in [1.165, 1.54) is 30.3 Å². The summed E-state index contributed by atoms with van der Waals surface area (Å²) >= 11 is 0. The Bertz CT molecular complexity index is 1380. The summed E-state index contributed by atoms with van der Waals surface area (Å²) in [5.74, 6) is -0.190. The Morgan fingerprint density at radius 2 is 1.76 bits per heavy atom. The van der Waals surface area contributed by atoms with Crippen LogP contribution in [0, 0.1) is 27.2 Å². The average molecular weight is 459 g/mol. The molecular formula is C24H17N3O7. The van der Waals surface area contributed by atoms with Crippen LogP contribution in [0.2, 0.25) is 0 Å². The van der Waals surface area contributed by atoms with Gasteiger partial charge in [-0.05, 0) is 42.3 Å². The highest BCUT2D eigenvalue weighted by molar-refractivity contribution is 6.13. The number of non-ortho nitro benzene ring substituents is 1. The summed E-state index contributed by atoms with van der Waals surface area (Å²) in [6.45, 7) is 1.69. The van der Waals surface area contributed by atoms with E-state index >= 15 is 0 Å². The second-order valence-electron chi connectivity index (χ2n) is 7.33. The highest BCUT2D eigenvalue weighted by atomic mass is 16.6. The molecule has 10 nitrogen and oxygen atoms in total. The number of aliphatic imine (C=N–C) groups is 1. The van der Waals surface area contributed by atoms with E-state index in [1.807, 2.05) is 0 Å². The van der Waals surface area contributed by atoms with Crippen LogP contribution < -0.4 is 4.74 Å². The molecule has 0 radical (unpaired) electrons. The molecule has 3 aromatic carbocycles. The van der Waals surface area contributed by atoms with Gasteiger partial charge in [0, 0.05) is 29.3 Å². The summed E-state index contributed by atoms with van der Waals surface area (Å²) in [7, 11) is 0. The normalized spacial score (nSPS) is 14.0. The van der Waals surface area contributed by atoms with Gasteiger partial charge in [0.1, 0.15) is 12.4 Å². The van der Waals surface area contributed by atoms with Gasteiger partial charge < -0.3 is 9.47 Å². The van der Waals surface area contributed by atoms with E-state index in [9.17, 15) is 25.0 Å². The van der Waals surface area contributed by atoms with Crippen molar-refractivity contribution in [3.05, 3.63) is 115 Å². The van der Waals surface area contributed by atoms with Gasteiger partial charge in [0.2, 0.25) is 5.90 Å². The average Bonchev–Trinajstić information content (AvgIpc) is 3.17. The molecular weight excluding hydrogens is 442 g/mol. The second kappa shape index (κ2) is 9.33. The lowest BCUT2D eigenvalue weighted by atomic mass is 10.1. The summed E-state index contributed by atoms with van der Waals surface area (Å²) in [6.07, 6.45) is 1.52. The van der Waals surface area contributed by atoms with E-state index in [0.717, 1.165) is 0 Å². The van der Waals surface area contributed by atoms with Gasteiger partial charge in [-0.1, -0.05) is 30.3 Å². The lowest BCUT2D eigenvalue weighted by Crippen LogP contribution is -2.08. The van der Waals surface area contributed by atoms with Gasteiger partial charge in [0.25, 0.3) is 11.4 Å². The zero-order valence-corrected chi connectivity index (χ0v) is 17.8. The van der Waals surface area contributed by atoms with Crippen LogP contribution in [0.15, 0.2) is 77.4 Å².